The molecular weight excluding hydrogens is 378 g/mol. The average Bonchev–Trinajstić information content (AvgIpc) is 2.73. The Hall–Kier alpha value is -2.90. The van der Waals surface area contributed by atoms with E-state index in [1.807, 2.05) is 0 Å². The van der Waals surface area contributed by atoms with Gasteiger partial charge in [-0.1, -0.05) is 13.8 Å². The normalized spacial score (nSPS) is 15.0. The fraction of sp³-hybridized carbons (Fsp3) is 0.524. The maximum Gasteiger partial charge on any atom is 0.409 e. The molecule has 1 amide bonds. The fourth-order valence-electron chi connectivity index (χ4n) is 3.05. The van der Waals surface area contributed by atoms with E-state index in [0.29, 0.717) is 40.8 Å². The van der Waals surface area contributed by atoms with Crippen LogP contribution in [0.2, 0.25) is 0 Å². The zero-order valence-electron chi connectivity index (χ0n) is 17.8. The van der Waals surface area contributed by atoms with E-state index in [1.165, 1.54) is 21.3 Å². The Kier molecular flexibility index (Phi) is 7.75. The molecule has 0 saturated heterocycles. The minimum Gasteiger partial charge on any atom is -0.496 e. The lowest BCUT2D eigenvalue weighted by Crippen LogP contribution is -2.41. The number of carbonyl (C=O) groups excluding carboxylic acids is 2. The Morgan fingerprint density at radius 2 is 1.72 bits per heavy atom. The van der Waals surface area contributed by atoms with Gasteiger partial charge in [0.2, 0.25) is 6.10 Å². The van der Waals surface area contributed by atoms with Crippen LogP contribution >= 0.6 is 0 Å². The molecule has 1 aliphatic heterocycles. The third kappa shape index (κ3) is 5.13. The summed E-state index contributed by atoms with van der Waals surface area (Å²) in [6.45, 7) is 4.78. The van der Waals surface area contributed by atoms with Crippen molar-refractivity contribution in [1.29, 1.82) is 0 Å². The van der Waals surface area contributed by atoms with Crippen molar-refractivity contribution in [2.24, 2.45) is 5.92 Å². The van der Waals surface area contributed by atoms with Crippen molar-refractivity contribution in [2.75, 3.05) is 41.5 Å². The second-order valence-corrected chi connectivity index (χ2v) is 7.03. The van der Waals surface area contributed by atoms with Gasteiger partial charge in [0.05, 0.1) is 34.0 Å². The van der Waals surface area contributed by atoms with E-state index in [2.05, 4.69) is 13.8 Å². The van der Waals surface area contributed by atoms with E-state index in [4.69, 9.17) is 23.7 Å². The Morgan fingerprint density at radius 3 is 2.28 bits per heavy atom. The molecule has 1 heterocycles. The van der Waals surface area contributed by atoms with Crippen LogP contribution < -0.4 is 14.2 Å². The van der Waals surface area contributed by atoms with E-state index < -0.39 is 18.2 Å². The predicted octanol–water partition coefficient (Wildman–Crippen LogP) is 3.14. The van der Waals surface area contributed by atoms with Crippen LogP contribution in [0.1, 0.15) is 25.8 Å². The van der Waals surface area contributed by atoms with Gasteiger partial charge in [-0.2, -0.15) is 0 Å². The lowest BCUT2D eigenvalue weighted by Gasteiger charge is -2.30. The Balaban J connectivity index is 2.48. The first kappa shape index (κ1) is 22.4. The van der Waals surface area contributed by atoms with E-state index in [1.54, 1.807) is 30.2 Å². The molecule has 0 unspecified atom stereocenters. The van der Waals surface area contributed by atoms with Crippen molar-refractivity contribution in [2.45, 2.75) is 26.4 Å². The first-order chi connectivity index (χ1) is 13.9. The van der Waals surface area contributed by atoms with Crippen molar-refractivity contribution in [3.8, 4) is 17.2 Å². The van der Waals surface area contributed by atoms with Gasteiger partial charge in [-0.05, 0) is 30.5 Å². The molecule has 0 spiro atoms. The number of hydrogen-bond donors (Lipinski definition) is 0. The second kappa shape index (κ2) is 10.0. The van der Waals surface area contributed by atoms with Gasteiger partial charge in [-0.25, -0.2) is 9.59 Å². The molecule has 0 radical (unpaired) electrons. The van der Waals surface area contributed by atoms with Crippen LogP contribution in [0.25, 0.3) is 6.08 Å². The number of nitrogens with zero attached hydrogens (tertiary/aromatic N) is 1. The van der Waals surface area contributed by atoms with Crippen molar-refractivity contribution in [3.63, 3.8) is 0 Å². The molecule has 8 nitrogen and oxygen atoms in total. The minimum atomic E-state index is -1.01. The molecule has 1 aliphatic rings. The van der Waals surface area contributed by atoms with Gasteiger partial charge in [-0.15, -0.1) is 0 Å². The van der Waals surface area contributed by atoms with Crippen LogP contribution in [0, 0.1) is 5.92 Å². The van der Waals surface area contributed by atoms with Crippen LogP contribution in [-0.2, 0) is 14.3 Å². The smallest absolute Gasteiger partial charge is 0.409 e. The van der Waals surface area contributed by atoms with Crippen LogP contribution in [0.4, 0.5) is 4.79 Å². The Bertz CT molecular complexity index is 773. The van der Waals surface area contributed by atoms with Gasteiger partial charge in [0.1, 0.15) is 5.75 Å². The summed E-state index contributed by atoms with van der Waals surface area (Å²) in [7, 11) is 5.68. The van der Waals surface area contributed by atoms with Crippen molar-refractivity contribution < 1.29 is 33.3 Å². The van der Waals surface area contributed by atoms with Crippen LogP contribution in [0.3, 0.4) is 0 Å². The largest absolute Gasteiger partial charge is 0.496 e. The summed E-state index contributed by atoms with van der Waals surface area (Å²) < 4.78 is 26.6. The number of hydrogen-bond acceptors (Lipinski definition) is 7. The molecule has 0 bridgehead atoms. The number of methoxy groups -OCH3 is 4. The van der Waals surface area contributed by atoms with Crippen molar-refractivity contribution in [3.05, 3.63) is 23.3 Å². The highest BCUT2D eigenvalue weighted by Crippen LogP contribution is 2.43. The molecule has 2 rings (SSSR count). The lowest BCUT2D eigenvalue weighted by atomic mass is 9.99. The van der Waals surface area contributed by atoms with Gasteiger partial charge >= 0.3 is 12.1 Å². The standard InChI is InChI=1S/C21H29NO7/c1-13(2)9-10-22(21(24)28-6)12-14-11-15-16(25-3)7-8-17(26-4)19(15)29-18(14)20(23)27-5/h7-8,11,13,18H,9-10,12H2,1-6H3/t18-/m0/s1. The summed E-state index contributed by atoms with van der Waals surface area (Å²) in [5, 5.41) is 0. The molecule has 1 aromatic rings. The first-order valence-corrected chi connectivity index (χ1v) is 9.39. The summed E-state index contributed by atoms with van der Waals surface area (Å²) in [5.41, 5.74) is 1.20. The highest BCUT2D eigenvalue weighted by Gasteiger charge is 2.35. The maximum absolute atomic E-state index is 12.4. The van der Waals surface area contributed by atoms with E-state index in [9.17, 15) is 9.59 Å². The first-order valence-electron chi connectivity index (χ1n) is 9.39. The van der Waals surface area contributed by atoms with Gasteiger partial charge < -0.3 is 28.6 Å². The van der Waals surface area contributed by atoms with Gasteiger partial charge in [0.15, 0.2) is 11.5 Å². The zero-order valence-corrected chi connectivity index (χ0v) is 17.8. The number of carbonyl (C=O) groups is 2. The number of benzene rings is 1. The molecule has 8 heteroatoms. The molecular formula is C21H29NO7. The summed E-state index contributed by atoms with van der Waals surface area (Å²) in [6.07, 6.45) is 1.09. The van der Waals surface area contributed by atoms with Crippen LogP contribution in [0.15, 0.2) is 17.7 Å². The molecule has 1 aromatic carbocycles. The van der Waals surface area contributed by atoms with Gasteiger partial charge in [-0.3, -0.25) is 0 Å². The molecule has 0 fully saturated rings. The predicted molar refractivity (Wildman–Crippen MR) is 107 cm³/mol. The Morgan fingerprint density at radius 1 is 1.07 bits per heavy atom. The zero-order chi connectivity index (χ0) is 21.6. The summed E-state index contributed by atoms with van der Waals surface area (Å²) in [6, 6.07) is 3.46. The SMILES string of the molecule is COC(=O)[C@H]1Oc2c(OC)ccc(OC)c2C=C1CN(CCC(C)C)C(=O)OC. The van der Waals surface area contributed by atoms with E-state index in [0.717, 1.165) is 6.42 Å². The molecule has 0 aliphatic carbocycles. The van der Waals surface area contributed by atoms with Crippen molar-refractivity contribution in [1.82, 2.24) is 4.90 Å². The highest BCUT2D eigenvalue weighted by atomic mass is 16.6. The number of amides is 1. The molecule has 29 heavy (non-hydrogen) atoms. The topological polar surface area (TPSA) is 83.5 Å². The molecule has 0 saturated carbocycles. The summed E-state index contributed by atoms with van der Waals surface area (Å²) in [5.74, 6) is 1.25. The summed E-state index contributed by atoms with van der Waals surface area (Å²) >= 11 is 0. The number of esters is 1. The third-order valence-electron chi connectivity index (χ3n) is 4.66. The molecule has 1 atom stereocenters. The number of ether oxygens (including phenoxy) is 5. The summed E-state index contributed by atoms with van der Waals surface area (Å²) in [4.78, 5) is 26.3. The fourth-order valence-corrected chi connectivity index (χ4v) is 3.05. The van der Waals surface area contributed by atoms with Crippen molar-refractivity contribution >= 4 is 18.1 Å². The average molecular weight is 407 g/mol. The van der Waals surface area contributed by atoms with E-state index in [-0.39, 0.29) is 6.54 Å². The third-order valence-corrected chi connectivity index (χ3v) is 4.66. The highest BCUT2D eigenvalue weighted by molar-refractivity contribution is 5.85. The number of rotatable bonds is 8. The molecule has 160 valence electrons. The monoisotopic (exact) mass is 407 g/mol. The molecule has 0 aromatic heterocycles. The quantitative estimate of drug-likeness (QED) is 0.612. The van der Waals surface area contributed by atoms with E-state index >= 15 is 0 Å². The second-order valence-electron chi connectivity index (χ2n) is 7.03. The van der Waals surface area contributed by atoms with Gasteiger partial charge in [0.25, 0.3) is 0 Å². The lowest BCUT2D eigenvalue weighted by molar-refractivity contribution is -0.147. The van der Waals surface area contributed by atoms with Gasteiger partial charge in [0, 0.05) is 18.7 Å². The molecule has 0 N–H and O–H groups in total. The number of fused-ring (bicyclic) bond motifs is 1. The minimum absolute atomic E-state index is 0.152. The Labute approximate surface area is 171 Å². The van der Waals surface area contributed by atoms with Crippen LogP contribution in [0.5, 0.6) is 17.2 Å². The van der Waals surface area contributed by atoms with Crippen LogP contribution in [-0.4, -0.2) is 64.6 Å². The maximum atomic E-state index is 12.4.